The summed E-state index contributed by atoms with van der Waals surface area (Å²) in [6.07, 6.45) is 1.91. The molecule has 1 N–H and O–H groups in total. The van der Waals surface area contributed by atoms with E-state index in [1.807, 2.05) is 42.5 Å². The summed E-state index contributed by atoms with van der Waals surface area (Å²) < 4.78 is 17.0. The number of amides is 1. The molecule has 1 unspecified atom stereocenters. The molecule has 1 atom stereocenters. The third-order valence-corrected chi connectivity index (χ3v) is 4.16. The number of carbonyl (C=O) groups excluding carboxylic acids is 1. The number of fused-ring (bicyclic) bond motifs is 1. The van der Waals surface area contributed by atoms with Crippen LogP contribution in [0.2, 0.25) is 0 Å². The normalized spacial score (nSPS) is 15.5. The predicted octanol–water partition coefficient (Wildman–Crippen LogP) is 2.98. The monoisotopic (exact) mass is 355 g/mol. The lowest BCUT2D eigenvalue weighted by atomic mass is 10.2. The van der Waals surface area contributed by atoms with Crippen molar-refractivity contribution in [3.63, 3.8) is 0 Å². The number of para-hydroxylation sites is 2. The van der Waals surface area contributed by atoms with Gasteiger partial charge in [0.15, 0.2) is 11.5 Å². The number of carbonyl (C=O) groups is 1. The second-order valence-corrected chi connectivity index (χ2v) is 6.25. The van der Waals surface area contributed by atoms with E-state index in [1.165, 1.54) is 5.56 Å². The summed E-state index contributed by atoms with van der Waals surface area (Å²) in [7, 11) is 0. The molecule has 0 saturated heterocycles. The molecule has 138 valence electrons. The van der Waals surface area contributed by atoms with Gasteiger partial charge in [0.05, 0.1) is 13.2 Å². The van der Waals surface area contributed by atoms with E-state index in [0.29, 0.717) is 39.2 Å². The summed E-state index contributed by atoms with van der Waals surface area (Å²) in [6, 6.07) is 17.8. The van der Waals surface area contributed by atoms with Crippen LogP contribution < -0.4 is 14.8 Å². The van der Waals surface area contributed by atoms with Gasteiger partial charge in [0.25, 0.3) is 0 Å². The fraction of sp³-hybridized carbons (Fsp3) is 0.381. The van der Waals surface area contributed by atoms with E-state index >= 15 is 0 Å². The maximum Gasteiger partial charge on any atom is 0.220 e. The molecule has 1 amide bonds. The molecule has 0 fully saturated rings. The summed E-state index contributed by atoms with van der Waals surface area (Å²) in [5.41, 5.74) is 1.27. The molecule has 5 heteroatoms. The van der Waals surface area contributed by atoms with Crippen LogP contribution >= 0.6 is 0 Å². The van der Waals surface area contributed by atoms with Gasteiger partial charge in [-0.25, -0.2) is 0 Å². The van der Waals surface area contributed by atoms with Crippen molar-refractivity contribution < 1.29 is 19.0 Å². The van der Waals surface area contributed by atoms with Crippen molar-refractivity contribution >= 4 is 5.91 Å². The summed E-state index contributed by atoms with van der Waals surface area (Å²) >= 11 is 0. The third kappa shape index (κ3) is 5.77. The molecule has 1 aliphatic rings. The van der Waals surface area contributed by atoms with Crippen LogP contribution in [0.4, 0.5) is 0 Å². The molecule has 5 nitrogen and oxygen atoms in total. The van der Waals surface area contributed by atoms with Crippen LogP contribution in [-0.2, 0) is 16.0 Å². The Morgan fingerprint density at radius 1 is 1.04 bits per heavy atom. The predicted molar refractivity (Wildman–Crippen MR) is 99.6 cm³/mol. The lowest BCUT2D eigenvalue weighted by Crippen LogP contribution is -2.40. The number of hydrogen-bond donors (Lipinski definition) is 1. The van der Waals surface area contributed by atoms with E-state index in [0.717, 1.165) is 17.9 Å². The van der Waals surface area contributed by atoms with Crippen LogP contribution in [0.15, 0.2) is 54.6 Å². The first-order chi connectivity index (χ1) is 12.8. The van der Waals surface area contributed by atoms with Gasteiger partial charge in [-0.2, -0.15) is 0 Å². The molecular weight excluding hydrogens is 330 g/mol. The molecule has 0 saturated carbocycles. The van der Waals surface area contributed by atoms with Crippen LogP contribution in [0.1, 0.15) is 18.4 Å². The molecule has 2 aromatic carbocycles. The smallest absolute Gasteiger partial charge is 0.220 e. The van der Waals surface area contributed by atoms with Gasteiger partial charge >= 0.3 is 0 Å². The SMILES string of the molecule is O=C(CCCOCCc1ccccc1)NCC1COc2ccccc2O1. The summed E-state index contributed by atoms with van der Waals surface area (Å²) in [4.78, 5) is 11.9. The Bertz CT molecular complexity index is 689. The number of ether oxygens (including phenoxy) is 3. The van der Waals surface area contributed by atoms with Crippen molar-refractivity contribution in [2.24, 2.45) is 0 Å². The van der Waals surface area contributed by atoms with Gasteiger partial charge < -0.3 is 19.5 Å². The highest BCUT2D eigenvalue weighted by atomic mass is 16.6. The highest BCUT2D eigenvalue weighted by Gasteiger charge is 2.20. The molecule has 0 aliphatic carbocycles. The minimum atomic E-state index is -0.157. The van der Waals surface area contributed by atoms with Gasteiger partial charge in [0.2, 0.25) is 5.91 Å². The van der Waals surface area contributed by atoms with E-state index in [4.69, 9.17) is 14.2 Å². The molecule has 1 aliphatic heterocycles. The highest BCUT2D eigenvalue weighted by Crippen LogP contribution is 2.30. The minimum Gasteiger partial charge on any atom is -0.486 e. The zero-order valence-corrected chi connectivity index (χ0v) is 14.9. The molecule has 0 spiro atoms. The number of nitrogens with one attached hydrogen (secondary N) is 1. The minimum absolute atomic E-state index is 0.0131. The average molecular weight is 355 g/mol. The maximum absolute atomic E-state index is 11.9. The lowest BCUT2D eigenvalue weighted by Gasteiger charge is -2.26. The van der Waals surface area contributed by atoms with Crippen LogP contribution in [0.25, 0.3) is 0 Å². The summed E-state index contributed by atoms with van der Waals surface area (Å²) in [6.45, 7) is 2.16. The van der Waals surface area contributed by atoms with Crippen molar-refractivity contribution in [2.45, 2.75) is 25.4 Å². The van der Waals surface area contributed by atoms with Crippen LogP contribution in [0.3, 0.4) is 0 Å². The Kier molecular flexibility index (Phi) is 6.90. The second kappa shape index (κ2) is 9.82. The molecule has 0 bridgehead atoms. The Balaban J connectivity index is 1.24. The van der Waals surface area contributed by atoms with Gasteiger partial charge in [-0.15, -0.1) is 0 Å². The first-order valence-electron chi connectivity index (χ1n) is 9.08. The fourth-order valence-electron chi connectivity index (χ4n) is 2.75. The molecule has 0 radical (unpaired) electrons. The number of benzene rings is 2. The van der Waals surface area contributed by atoms with E-state index in [2.05, 4.69) is 17.4 Å². The Hall–Kier alpha value is -2.53. The van der Waals surface area contributed by atoms with Gasteiger partial charge in [-0.3, -0.25) is 4.79 Å². The van der Waals surface area contributed by atoms with Crippen molar-refractivity contribution in [2.75, 3.05) is 26.4 Å². The molecular formula is C21H25NO4. The van der Waals surface area contributed by atoms with E-state index in [9.17, 15) is 4.79 Å². The third-order valence-electron chi connectivity index (χ3n) is 4.16. The Morgan fingerprint density at radius 2 is 1.81 bits per heavy atom. The molecule has 0 aromatic heterocycles. The van der Waals surface area contributed by atoms with Gasteiger partial charge in [-0.1, -0.05) is 42.5 Å². The summed E-state index contributed by atoms with van der Waals surface area (Å²) in [5.74, 6) is 1.49. The van der Waals surface area contributed by atoms with E-state index < -0.39 is 0 Å². The van der Waals surface area contributed by atoms with Gasteiger partial charge in [0.1, 0.15) is 12.7 Å². The second-order valence-electron chi connectivity index (χ2n) is 6.25. The van der Waals surface area contributed by atoms with Crippen LogP contribution in [-0.4, -0.2) is 38.4 Å². The van der Waals surface area contributed by atoms with Crippen molar-refractivity contribution in [3.05, 3.63) is 60.2 Å². The quantitative estimate of drug-likeness (QED) is 0.703. The van der Waals surface area contributed by atoms with Gasteiger partial charge in [-0.05, 0) is 30.5 Å². The van der Waals surface area contributed by atoms with Gasteiger partial charge in [0, 0.05) is 13.0 Å². The highest BCUT2D eigenvalue weighted by molar-refractivity contribution is 5.75. The lowest BCUT2D eigenvalue weighted by molar-refractivity contribution is -0.121. The van der Waals surface area contributed by atoms with Crippen molar-refractivity contribution in [1.29, 1.82) is 0 Å². The molecule has 1 heterocycles. The van der Waals surface area contributed by atoms with Crippen LogP contribution in [0, 0.1) is 0 Å². The molecule has 2 aromatic rings. The zero-order valence-electron chi connectivity index (χ0n) is 14.9. The first-order valence-corrected chi connectivity index (χ1v) is 9.08. The van der Waals surface area contributed by atoms with Crippen LogP contribution in [0.5, 0.6) is 11.5 Å². The molecule has 26 heavy (non-hydrogen) atoms. The first kappa shape index (κ1) is 18.3. The average Bonchev–Trinajstić information content (AvgIpc) is 2.69. The van der Waals surface area contributed by atoms with E-state index in [-0.39, 0.29) is 12.0 Å². The maximum atomic E-state index is 11.9. The largest absolute Gasteiger partial charge is 0.486 e. The summed E-state index contributed by atoms with van der Waals surface area (Å²) in [5, 5.41) is 2.90. The number of hydrogen-bond acceptors (Lipinski definition) is 4. The van der Waals surface area contributed by atoms with E-state index in [1.54, 1.807) is 0 Å². The fourth-order valence-corrected chi connectivity index (χ4v) is 2.75. The topological polar surface area (TPSA) is 56.8 Å². The Labute approximate surface area is 154 Å². The van der Waals surface area contributed by atoms with Crippen molar-refractivity contribution in [3.8, 4) is 11.5 Å². The standard InChI is InChI=1S/C21H25NO4/c23-21(11-6-13-24-14-12-17-7-2-1-3-8-17)22-15-18-16-25-19-9-4-5-10-20(19)26-18/h1-5,7-10,18H,6,11-16H2,(H,22,23). The van der Waals surface area contributed by atoms with Crippen molar-refractivity contribution in [1.82, 2.24) is 5.32 Å². The Morgan fingerprint density at radius 3 is 2.65 bits per heavy atom. The zero-order chi connectivity index (χ0) is 18.0. The molecule has 3 rings (SSSR count). The number of rotatable bonds is 9.